The van der Waals surface area contributed by atoms with Gasteiger partial charge in [-0.25, -0.2) is 4.79 Å². The number of hydrogen-bond acceptors (Lipinski definition) is 3. The second-order valence-corrected chi connectivity index (χ2v) is 4.94. The fourth-order valence-electron chi connectivity index (χ4n) is 1.67. The van der Waals surface area contributed by atoms with E-state index in [0.717, 1.165) is 11.3 Å². The summed E-state index contributed by atoms with van der Waals surface area (Å²) >= 11 is 1.67. The van der Waals surface area contributed by atoms with Crippen LogP contribution < -0.4 is 4.74 Å². The number of hydrogen-bond donors (Lipinski definition) is 1. The Morgan fingerprint density at radius 3 is 2.37 bits per heavy atom. The Labute approximate surface area is 116 Å². The Morgan fingerprint density at radius 2 is 1.84 bits per heavy atom. The normalized spacial score (nSPS) is 10.2. The van der Waals surface area contributed by atoms with E-state index in [9.17, 15) is 4.79 Å². The molecule has 0 spiro atoms. The minimum Gasteiger partial charge on any atom is -0.478 e. The monoisotopic (exact) mass is 274 g/mol. The van der Waals surface area contributed by atoms with Crippen molar-refractivity contribution in [2.75, 3.05) is 6.26 Å². The number of carboxylic acids is 1. The van der Waals surface area contributed by atoms with Crippen molar-refractivity contribution in [3.8, 4) is 11.5 Å². The topological polar surface area (TPSA) is 46.5 Å². The van der Waals surface area contributed by atoms with E-state index in [-0.39, 0.29) is 5.56 Å². The lowest BCUT2D eigenvalue weighted by molar-refractivity contribution is 0.0697. The van der Waals surface area contributed by atoms with Crippen LogP contribution in [-0.4, -0.2) is 17.3 Å². The number of aromatic carboxylic acids is 1. The van der Waals surface area contributed by atoms with Gasteiger partial charge in [-0.3, -0.25) is 0 Å². The molecule has 0 saturated carbocycles. The SMILES string of the molecule is CSc1ccc(Oc2ccc(C(=O)O)cc2C)cc1. The minimum absolute atomic E-state index is 0.266. The van der Waals surface area contributed by atoms with E-state index in [1.54, 1.807) is 30.0 Å². The molecule has 0 bridgehead atoms. The van der Waals surface area contributed by atoms with Crippen molar-refractivity contribution in [3.63, 3.8) is 0 Å². The van der Waals surface area contributed by atoms with Gasteiger partial charge in [0.2, 0.25) is 0 Å². The summed E-state index contributed by atoms with van der Waals surface area (Å²) in [6.07, 6.45) is 2.02. The molecule has 0 amide bonds. The Kier molecular flexibility index (Phi) is 4.12. The molecule has 2 aromatic rings. The van der Waals surface area contributed by atoms with E-state index in [2.05, 4.69) is 0 Å². The fourth-order valence-corrected chi connectivity index (χ4v) is 2.08. The third-order valence-corrected chi connectivity index (χ3v) is 3.45. The molecule has 0 heterocycles. The van der Waals surface area contributed by atoms with Gasteiger partial charge in [-0.1, -0.05) is 0 Å². The average Bonchev–Trinajstić information content (AvgIpc) is 2.41. The maximum Gasteiger partial charge on any atom is 0.335 e. The summed E-state index contributed by atoms with van der Waals surface area (Å²) < 4.78 is 5.74. The molecule has 1 N–H and O–H groups in total. The molecule has 3 nitrogen and oxygen atoms in total. The van der Waals surface area contributed by atoms with Gasteiger partial charge >= 0.3 is 5.97 Å². The number of aryl methyl sites for hydroxylation is 1. The first-order valence-corrected chi connectivity index (χ1v) is 6.98. The summed E-state index contributed by atoms with van der Waals surface area (Å²) in [6, 6.07) is 12.6. The van der Waals surface area contributed by atoms with Crippen molar-refractivity contribution in [1.82, 2.24) is 0 Å². The van der Waals surface area contributed by atoms with Crippen molar-refractivity contribution in [2.24, 2.45) is 0 Å². The van der Waals surface area contributed by atoms with Gasteiger partial charge in [0.05, 0.1) is 5.56 Å². The largest absolute Gasteiger partial charge is 0.478 e. The highest BCUT2D eigenvalue weighted by atomic mass is 32.2. The zero-order valence-electron chi connectivity index (χ0n) is 10.7. The van der Waals surface area contributed by atoms with Gasteiger partial charge in [-0.05, 0) is 61.2 Å². The average molecular weight is 274 g/mol. The van der Waals surface area contributed by atoms with Crippen molar-refractivity contribution in [2.45, 2.75) is 11.8 Å². The summed E-state index contributed by atoms with van der Waals surface area (Å²) in [5.41, 5.74) is 1.07. The molecule has 0 aromatic heterocycles. The fraction of sp³-hybridized carbons (Fsp3) is 0.133. The van der Waals surface area contributed by atoms with Crippen LogP contribution in [0.5, 0.6) is 11.5 Å². The number of carbonyl (C=O) groups is 1. The van der Waals surface area contributed by atoms with Crippen LogP contribution in [0.4, 0.5) is 0 Å². The highest BCUT2D eigenvalue weighted by Crippen LogP contribution is 2.27. The van der Waals surface area contributed by atoms with Crippen LogP contribution in [0.25, 0.3) is 0 Å². The molecule has 98 valence electrons. The van der Waals surface area contributed by atoms with Crippen LogP contribution >= 0.6 is 11.8 Å². The predicted octanol–water partition coefficient (Wildman–Crippen LogP) is 4.21. The molecule has 0 aliphatic carbocycles. The van der Waals surface area contributed by atoms with E-state index >= 15 is 0 Å². The number of benzene rings is 2. The molecule has 0 radical (unpaired) electrons. The lowest BCUT2D eigenvalue weighted by atomic mass is 10.1. The van der Waals surface area contributed by atoms with Gasteiger partial charge in [-0.2, -0.15) is 0 Å². The van der Waals surface area contributed by atoms with E-state index in [4.69, 9.17) is 9.84 Å². The predicted molar refractivity (Wildman–Crippen MR) is 76.4 cm³/mol. The molecule has 0 aliphatic rings. The highest BCUT2D eigenvalue weighted by molar-refractivity contribution is 7.98. The Morgan fingerprint density at radius 1 is 1.16 bits per heavy atom. The molecule has 0 atom stereocenters. The van der Waals surface area contributed by atoms with Crippen LogP contribution in [0.1, 0.15) is 15.9 Å². The Balaban J connectivity index is 2.20. The van der Waals surface area contributed by atoms with Gasteiger partial charge in [-0.15, -0.1) is 11.8 Å². The van der Waals surface area contributed by atoms with Crippen LogP contribution in [0.3, 0.4) is 0 Å². The second-order valence-electron chi connectivity index (χ2n) is 4.06. The number of thioether (sulfide) groups is 1. The van der Waals surface area contributed by atoms with Gasteiger partial charge in [0.1, 0.15) is 11.5 Å². The smallest absolute Gasteiger partial charge is 0.335 e. The lowest BCUT2D eigenvalue weighted by Gasteiger charge is -2.09. The summed E-state index contributed by atoms with van der Waals surface area (Å²) in [7, 11) is 0. The van der Waals surface area contributed by atoms with E-state index in [1.807, 2.05) is 37.4 Å². The second kappa shape index (κ2) is 5.80. The summed E-state index contributed by atoms with van der Waals surface area (Å²) in [6.45, 7) is 1.83. The quantitative estimate of drug-likeness (QED) is 0.848. The summed E-state index contributed by atoms with van der Waals surface area (Å²) in [5, 5.41) is 8.90. The number of rotatable bonds is 4. The van der Waals surface area contributed by atoms with Gasteiger partial charge in [0, 0.05) is 4.90 Å². The summed E-state index contributed by atoms with van der Waals surface area (Å²) in [4.78, 5) is 12.0. The minimum atomic E-state index is -0.932. The molecule has 19 heavy (non-hydrogen) atoms. The molecule has 4 heteroatoms. The maximum atomic E-state index is 10.9. The standard InChI is InChI=1S/C15H14O3S/c1-10-9-11(15(16)17)3-8-14(10)18-12-4-6-13(19-2)7-5-12/h3-9H,1-2H3,(H,16,17). The maximum absolute atomic E-state index is 10.9. The van der Waals surface area contributed by atoms with Crippen molar-refractivity contribution < 1.29 is 14.6 Å². The summed E-state index contributed by atoms with van der Waals surface area (Å²) in [5.74, 6) is 0.477. The third-order valence-electron chi connectivity index (χ3n) is 2.71. The molecule has 2 rings (SSSR count). The van der Waals surface area contributed by atoms with E-state index < -0.39 is 5.97 Å². The lowest BCUT2D eigenvalue weighted by Crippen LogP contribution is -1.97. The zero-order valence-corrected chi connectivity index (χ0v) is 11.5. The molecular weight excluding hydrogens is 260 g/mol. The Hall–Kier alpha value is -1.94. The zero-order chi connectivity index (χ0) is 13.8. The van der Waals surface area contributed by atoms with E-state index in [0.29, 0.717) is 5.75 Å². The van der Waals surface area contributed by atoms with Crippen LogP contribution in [-0.2, 0) is 0 Å². The first kappa shape index (κ1) is 13.5. The van der Waals surface area contributed by atoms with Crippen LogP contribution in [0.2, 0.25) is 0 Å². The molecule has 0 aliphatic heterocycles. The van der Waals surface area contributed by atoms with Crippen molar-refractivity contribution in [3.05, 3.63) is 53.6 Å². The van der Waals surface area contributed by atoms with Gasteiger partial charge < -0.3 is 9.84 Å². The first-order valence-electron chi connectivity index (χ1n) is 5.76. The van der Waals surface area contributed by atoms with Gasteiger partial charge in [0.15, 0.2) is 0 Å². The molecule has 0 unspecified atom stereocenters. The van der Waals surface area contributed by atoms with Crippen molar-refractivity contribution in [1.29, 1.82) is 0 Å². The van der Waals surface area contributed by atoms with Crippen molar-refractivity contribution >= 4 is 17.7 Å². The number of ether oxygens (including phenoxy) is 1. The Bertz CT molecular complexity index is 591. The number of carboxylic acid groups (broad SMARTS) is 1. The molecular formula is C15H14O3S. The molecule has 2 aromatic carbocycles. The van der Waals surface area contributed by atoms with Crippen LogP contribution in [0, 0.1) is 6.92 Å². The molecule has 0 fully saturated rings. The van der Waals surface area contributed by atoms with Crippen LogP contribution in [0.15, 0.2) is 47.4 Å². The first-order chi connectivity index (χ1) is 9.10. The highest BCUT2D eigenvalue weighted by Gasteiger charge is 2.07. The van der Waals surface area contributed by atoms with E-state index in [1.165, 1.54) is 4.90 Å². The van der Waals surface area contributed by atoms with Gasteiger partial charge in [0.25, 0.3) is 0 Å². The third kappa shape index (κ3) is 3.29. The molecule has 0 saturated heterocycles.